The average Bonchev–Trinajstić information content (AvgIpc) is 3.22. The number of carbonyl (C=O) groups is 2. The minimum Gasteiger partial charge on any atom is -0.472 e. The summed E-state index contributed by atoms with van der Waals surface area (Å²) in [5.41, 5.74) is 1.31. The standard InChI is InChI=1S/C19H24N4O3/c1-14(22-19(25)16-7-10-26-13-16)18(24)21-12-15-5-6-17(20-11-15)23-8-3-2-4-9-23/h5-7,10-11,13-14H,2-4,8-9,12H2,1H3,(H,21,24)(H,22,25)/t14-/m0/s1. The summed E-state index contributed by atoms with van der Waals surface area (Å²) in [4.78, 5) is 30.9. The molecule has 0 spiro atoms. The molecule has 2 N–H and O–H groups in total. The Hall–Kier alpha value is -2.83. The van der Waals surface area contributed by atoms with Gasteiger partial charge in [-0.1, -0.05) is 6.07 Å². The summed E-state index contributed by atoms with van der Waals surface area (Å²) in [5.74, 6) is 0.399. The lowest BCUT2D eigenvalue weighted by Crippen LogP contribution is -2.44. The van der Waals surface area contributed by atoms with Crippen molar-refractivity contribution in [1.29, 1.82) is 0 Å². The summed E-state index contributed by atoms with van der Waals surface area (Å²) in [6.45, 7) is 4.12. The van der Waals surface area contributed by atoms with E-state index in [0.717, 1.165) is 24.5 Å². The number of nitrogens with one attached hydrogen (secondary N) is 2. The molecule has 0 aromatic carbocycles. The largest absolute Gasteiger partial charge is 0.472 e. The van der Waals surface area contributed by atoms with Gasteiger partial charge in [0.1, 0.15) is 18.1 Å². The molecular formula is C19H24N4O3. The van der Waals surface area contributed by atoms with Crippen molar-refractivity contribution in [2.45, 2.75) is 38.8 Å². The summed E-state index contributed by atoms with van der Waals surface area (Å²) < 4.78 is 4.86. The Morgan fingerprint density at radius 3 is 2.69 bits per heavy atom. The van der Waals surface area contributed by atoms with Crippen LogP contribution in [0.4, 0.5) is 5.82 Å². The van der Waals surface area contributed by atoms with Gasteiger partial charge in [-0.15, -0.1) is 0 Å². The van der Waals surface area contributed by atoms with Gasteiger partial charge >= 0.3 is 0 Å². The van der Waals surface area contributed by atoms with Crippen LogP contribution in [0, 0.1) is 0 Å². The van der Waals surface area contributed by atoms with Crippen LogP contribution in [0.15, 0.2) is 41.3 Å². The zero-order chi connectivity index (χ0) is 18.4. The van der Waals surface area contributed by atoms with Crippen LogP contribution < -0.4 is 15.5 Å². The lowest BCUT2D eigenvalue weighted by atomic mass is 10.1. The van der Waals surface area contributed by atoms with Crippen molar-refractivity contribution in [3.8, 4) is 0 Å². The van der Waals surface area contributed by atoms with E-state index in [0.29, 0.717) is 12.1 Å². The Bertz CT molecular complexity index is 722. The maximum absolute atomic E-state index is 12.2. The zero-order valence-electron chi connectivity index (χ0n) is 14.9. The average molecular weight is 356 g/mol. The van der Waals surface area contributed by atoms with E-state index in [9.17, 15) is 9.59 Å². The molecule has 26 heavy (non-hydrogen) atoms. The van der Waals surface area contributed by atoms with Crippen LogP contribution in [0.1, 0.15) is 42.1 Å². The zero-order valence-corrected chi connectivity index (χ0v) is 14.9. The minimum atomic E-state index is -0.641. The summed E-state index contributed by atoms with van der Waals surface area (Å²) >= 11 is 0. The highest BCUT2D eigenvalue weighted by Crippen LogP contribution is 2.17. The van der Waals surface area contributed by atoms with Gasteiger partial charge in [0.2, 0.25) is 5.91 Å². The third-order valence-corrected chi connectivity index (χ3v) is 4.48. The molecule has 7 nitrogen and oxygen atoms in total. The summed E-state index contributed by atoms with van der Waals surface area (Å²) in [6, 6.07) is 4.89. The predicted octanol–water partition coefficient (Wildman–Crippen LogP) is 2.10. The van der Waals surface area contributed by atoms with Crippen LogP contribution in [0.25, 0.3) is 0 Å². The summed E-state index contributed by atoms with van der Waals surface area (Å²) in [7, 11) is 0. The summed E-state index contributed by atoms with van der Waals surface area (Å²) in [5, 5.41) is 5.45. The molecule has 3 rings (SSSR count). The second kappa shape index (κ2) is 8.51. The number of amides is 2. The van der Waals surface area contributed by atoms with Crippen molar-refractivity contribution in [2.75, 3.05) is 18.0 Å². The van der Waals surface area contributed by atoms with E-state index >= 15 is 0 Å². The Kier molecular flexibility index (Phi) is 5.88. The number of pyridine rings is 1. The molecule has 1 fully saturated rings. The number of furan rings is 1. The Labute approximate surface area is 152 Å². The molecular weight excluding hydrogens is 332 g/mol. The van der Waals surface area contributed by atoms with E-state index in [1.54, 1.807) is 19.2 Å². The predicted molar refractivity (Wildman–Crippen MR) is 97.8 cm³/mol. The maximum Gasteiger partial charge on any atom is 0.255 e. The highest BCUT2D eigenvalue weighted by molar-refractivity contribution is 5.97. The molecule has 0 aliphatic carbocycles. The van der Waals surface area contributed by atoms with Gasteiger partial charge in [-0.3, -0.25) is 9.59 Å². The fourth-order valence-electron chi connectivity index (χ4n) is 2.91. The topological polar surface area (TPSA) is 87.5 Å². The number of piperidine rings is 1. The number of anilines is 1. The Balaban J connectivity index is 1.47. The molecule has 1 aliphatic rings. The molecule has 1 atom stereocenters. The quantitative estimate of drug-likeness (QED) is 0.828. The fraction of sp³-hybridized carbons (Fsp3) is 0.421. The monoisotopic (exact) mass is 356 g/mol. The van der Waals surface area contributed by atoms with Gasteiger partial charge in [-0.2, -0.15) is 0 Å². The number of carbonyl (C=O) groups excluding carboxylic acids is 2. The SMILES string of the molecule is C[C@H](NC(=O)c1ccoc1)C(=O)NCc1ccc(N2CCCCC2)nc1. The fourth-order valence-corrected chi connectivity index (χ4v) is 2.91. The van der Waals surface area contributed by atoms with Crippen LogP contribution in [0.3, 0.4) is 0 Å². The molecule has 1 aliphatic heterocycles. The minimum absolute atomic E-state index is 0.248. The lowest BCUT2D eigenvalue weighted by molar-refractivity contribution is -0.122. The van der Waals surface area contributed by atoms with Crippen molar-refractivity contribution >= 4 is 17.6 Å². The van der Waals surface area contributed by atoms with E-state index in [-0.39, 0.29) is 11.8 Å². The Morgan fingerprint density at radius 1 is 1.23 bits per heavy atom. The van der Waals surface area contributed by atoms with Crippen LogP contribution in [0.5, 0.6) is 0 Å². The third kappa shape index (κ3) is 4.62. The molecule has 2 aromatic heterocycles. The van der Waals surface area contributed by atoms with Crippen molar-refractivity contribution in [3.63, 3.8) is 0 Å². The van der Waals surface area contributed by atoms with Crippen LogP contribution in [0.2, 0.25) is 0 Å². The van der Waals surface area contributed by atoms with E-state index in [1.165, 1.54) is 31.8 Å². The van der Waals surface area contributed by atoms with Gasteiger partial charge in [0.05, 0.1) is 11.8 Å². The molecule has 0 saturated carbocycles. The first-order valence-electron chi connectivity index (χ1n) is 8.94. The van der Waals surface area contributed by atoms with Crippen molar-refractivity contribution < 1.29 is 14.0 Å². The van der Waals surface area contributed by atoms with Crippen LogP contribution >= 0.6 is 0 Å². The molecule has 2 aromatic rings. The van der Waals surface area contributed by atoms with Crippen LogP contribution in [-0.4, -0.2) is 35.9 Å². The van der Waals surface area contributed by atoms with E-state index in [1.807, 2.05) is 12.1 Å². The van der Waals surface area contributed by atoms with Gasteiger partial charge in [-0.05, 0) is 43.9 Å². The molecule has 3 heterocycles. The van der Waals surface area contributed by atoms with Crippen molar-refractivity contribution in [3.05, 3.63) is 48.0 Å². The molecule has 7 heteroatoms. The highest BCUT2D eigenvalue weighted by atomic mass is 16.3. The smallest absolute Gasteiger partial charge is 0.255 e. The molecule has 0 bridgehead atoms. The molecule has 1 saturated heterocycles. The number of nitrogens with zero attached hydrogens (tertiary/aromatic N) is 2. The molecule has 2 amide bonds. The second-order valence-corrected chi connectivity index (χ2v) is 6.50. The number of hydrogen-bond acceptors (Lipinski definition) is 5. The van der Waals surface area contributed by atoms with Crippen molar-refractivity contribution in [1.82, 2.24) is 15.6 Å². The lowest BCUT2D eigenvalue weighted by Gasteiger charge is -2.27. The molecule has 0 radical (unpaired) electrons. The van der Waals surface area contributed by atoms with Gasteiger partial charge in [0.15, 0.2) is 0 Å². The van der Waals surface area contributed by atoms with E-state index in [4.69, 9.17) is 4.42 Å². The first-order valence-corrected chi connectivity index (χ1v) is 8.94. The van der Waals surface area contributed by atoms with Crippen molar-refractivity contribution in [2.24, 2.45) is 0 Å². The van der Waals surface area contributed by atoms with E-state index < -0.39 is 6.04 Å². The number of aromatic nitrogens is 1. The molecule has 0 unspecified atom stereocenters. The summed E-state index contributed by atoms with van der Waals surface area (Å²) in [6.07, 6.45) is 8.26. The van der Waals surface area contributed by atoms with Gasteiger partial charge in [0.25, 0.3) is 5.91 Å². The Morgan fingerprint density at radius 2 is 2.04 bits per heavy atom. The first kappa shape index (κ1) is 18.0. The normalized spacial score (nSPS) is 15.3. The highest BCUT2D eigenvalue weighted by Gasteiger charge is 2.17. The van der Waals surface area contributed by atoms with Gasteiger partial charge in [-0.25, -0.2) is 4.98 Å². The van der Waals surface area contributed by atoms with Crippen LogP contribution in [-0.2, 0) is 11.3 Å². The number of hydrogen-bond donors (Lipinski definition) is 2. The molecule has 138 valence electrons. The first-order chi connectivity index (χ1) is 12.6. The van der Waals surface area contributed by atoms with E-state index in [2.05, 4.69) is 20.5 Å². The maximum atomic E-state index is 12.2. The number of rotatable bonds is 6. The van der Waals surface area contributed by atoms with Gasteiger partial charge in [0, 0.05) is 25.8 Å². The third-order valence-electron chi connectivity index (χ3n) is 4.48. The second-order valence-electron chi connectivity index (χ2n) is 6.50. The van der Waals surface area contributed by atoms with Gasteiger partial charge < -0.3 is 20.0 Å².